The van der Waals surface area contributed by atoms with Gasteiger partial charge < -0.3 is 5.32 Å². The van der Waals surface area contributed by atoms with Crippen LogP contribution < -0.4 is 5.32 Å². The first kappa shape index (κ1) is 10.7. The fourth-order valence-electron chi connectivity index (χ4n) is 1.78. The molecule has 0 spiro atoms. The van der Waals surface area contributed by atoms with Crippen molar-refractivity contribution < 1.29 is 4.21 Å². The molecule has 0 bridgehead atoms. The molecule has 0 aromatic carbocycles. The zero-order valence-electron chi connectivity index (χ0n) is 8.98. The van der Waals surface area contributed by atoms with Crippen LogP contribution in [0.5, 0.6) is 0 Å². The summed E-state index contributed by atoms with van der Waals surface area (Å²) in [5, 5.41) is 7.65. The standard InChI is InChI=1S/C10H17N3OS/c1-2-13-8-10(7-11-13)12-9-3-5-15(14)6-4-9/h7-9,12H,2-6H2,1H3. The third kappa shape index (κ3) is 2.81. The summed E-state index contributed by atoms with van der Waals surface area (Å²) in [5.41, 5.74) is 1.08. The summed E-state index contributed by atoms with van der Waals surface area (Å²) in [4.78, 5) is 0. The summed E-state index contributed by atoms with van der Waals surface area (Å²) >= 11 is 0. The predicted molar refractivity (Wildman–Crippen MR) is 62.4 cm³/mol. The van der Waals surface area contributed by atoms with Gasteiger partial charge >= 0.3 is 0 Å². The lowest BCUT2D eigenvalue weighted by molar-refractivity contribution is 0.623. The monoisotopic (exact) mass is 227 g/mol. The van der Waals surface area contributed by atoms with Crippen LogP contribution >= 0.6 is 0 Å². The van der Waals surface area contributed by atoms with Gasteiger partial charge in [0.2, 0.25) is 0 Å². The van der Waals surface area contributed by atoms with E-state index in [9.17, 15) is 4.21 Å². The molecule has 5 heteroatoms. The molecule has 0 saturated carbocycles. The van der Waals surface area contributed by atoms with Crippen molar-refractivity contribution in [2.45, 2.75) is 32.4 Å². The molecule has 0 amide bonds. The molecule has 0 radical (unpaired) electrons. The molecule has 4 nitrogen and oxygen atoms in total. The highest BCUT2D eigenvalue weighted by atomic mass is 32.2. The van der Waals surface area contributed by atoms with E-state index in [-0.39, 0.29) is 0 Å². The Morgan fingerprint density at radius 1 is 1.60 bits per heavy atom. The summed E-state index contributed by atoms with van der Waals surface area (Å²) in [7, 11) is -0.576. The molecule has 0 atom stereocenters. The van der Waals surface area contributed by atoms with Crippen molar-refractivity contribution in [1.29, 1.82) is 0 Å². The summed E-state index contributed by atoms with van der Waals surface area (Å²) < 4.78 is 13.1. The zero-order valence-corrected chi connectivity index (χ0v) is 9.80. The first-order valence-electron chi connectivity index (χ1n) is 5.42. The van der Waals surface area contributed by atoms with Crippen LogP contribution in [-0.2, 0) is 17.3 Å². The van der Waals surface area contributed by atoms with Gasteiger partial charge in [0.1, 0.15) is 0 Å². The van der Waals surface area contributed by atoms with Gasteiger partial charge in [0, 0.05) is 41.1 Å². The second-order valence-electron chi connectivity index (χ2n) is 3.85. The van der Waals surface area contributed by atoms with E-state index in [1.165, 1.54) is 0 Å². The molecular weight excluding hydrogens is 210 g/mol. The quantitative estimate of drug-likeness (QED) is 0.844. The predicted octanol–water partition coefficient (Wildman–Crippen LogP) is 1.23. The van der Waals surface area contributed by atoms with E-state index in [1.54, 1.807) is 0 Å². The highest BCUT2D eigenvalue weighted by Gasteiger charge is 2.17. The van der Waals surface area contributed by atoms with Gasteiger partial charge in [-0.2, -0.15) is 5.10 Å². The normalized spacial score (nSPS) is 26.5. The van der Waals surface area contributed by atoms with Crippen LogP contribution in [0.15, 0.2) is 12.4 Å². The van der Waals surface area contributed by atoms with E-state index in [0.717, 1.165) is 36.6 Å². The maximum Gasteiger partial charge on any atom is 0.0728 e. The van der Waals surface area contributed by atoms with Crippen molar-refractivity contribution in [1.82, 2.24) is 9.78 Å². The Morgan fingerprint density at radius 2 is 2.33 bits per heavy atom. The van der Waals surface area contributed by atoms with Crippen molar-refractivity contribution in [3.05, 3.63) is 12.4 Å². The van der Waals surface area contributed by atoms with Crippen molar-refractivity contribution in [3.63, 3.8) is 0 Å². The van der Waals surface area contributed by atoms with Crippen LogP contribution in [0, 0.1) is 0 Å². The van der Waals surface area contributed by atoms with Gasteiger partial charge in [-0.1, -0.05) is 0 Å². The minimum Gasteiger partial charge on any atom is -0.380 e. The Kier molecular flexibility index (Phi) is 3.41. The van der Waals surface area contributed by atoms with Gasteiger partial charge in [0.25, 0.3) is 0 Å². The maximum atomic E-state index is 11.2. The number of nitrogens with zero attached hydrogens (tertiary/aromatic N) is 2. The molecule has 1 N–H and O–H groups in total. The zero-order chi connectivity index (χ0) is 10.7. The summed E-state index contributed by atoms with van der Waals surface area (Å²) in [6, 6.07) is 0.470. The van der Waals surface area contributed by atoms with Gasteiger partial charge in [-0.25, -0.2) is 0 Å². The molecule has 0 unspecified atom stereocenters. The van der Waals surface area contributed by atoms with Gasteiger partial charge in [-0.15, -0.1) is 0 Å². The first-order chi connectivity index (χ1) is 7.28. The molecule has 1 aliphatic rings. The van der Waals surface area contributed by atoms with Crippen LogP contribution in [0.3, 0.4) is 0 Å². The third-order valence-corrected chi connectivity index (χ3v) is 4.10. The second-order valence-corrected chi connectivity index (χ2v) is 5.55. The van der Waals surface area contributed by atoms with E-state index in [0.29, 0.717) is 6.04 Å². The molecule has 1 aliphatic heterocycles. The largest absolute Gasteiger partial charge is 0.380 e. The highest BCUT2D eigenvalue weighted by Crippen LogP contribution is 2.15. The lowest BCUT2D eigenvalue weighted by atomic mass is 10.1. The molecular formula is C10H17N3OS. The number of aryl methyl sites for hydroxylation is 1. The summed E-state index contributed by atoms with van der Waals surface area (Å²) in [6.07, 6.45) is 5.88. The van der Waals surface area contributed by atoms with Crippen molar-refractivity contribution in [2.75, 3.05) is 16.8 Å². The van der Waals surface area contributed by atoms with Crippen molar-refractivity contribution in [2.24, 2.45) is 0 Å². The second kappa shape index (κ2) is 4.79. The van der Waals surface area contributed by atoms with Crippen LogP contribution in [-0.4, -0.2) is 31.5 Å². The third-order valence-electron chi connectivity index (χ3n) is 2.72. The lowest BCUT2D eigenvalue weighted by Crippen LogP contribution is -2.29. The highest BCUT2D eigenvalue weighted by molar-refractivity contribution is 7.85. The molecule has 84 valence electrons. The Hall–Kier alpha value is -0.840. The van der Waals surface area contributed by atoms with Gasteiger partial charge in [-0.3, -0.25) is 8.89 Å². The van der Waals surface area contributed by atoms with Crippen LogP contribution in [0.4, 0.5) is 5.69 Å². The van der Waals surface area contributed by atoms with E-state index in [1.807, 2.05) is 17.1 Å². The number of aromatic nitrogens is 2. The van der Waals surface area contributed by atoms with Crippen LogP contribution in [0.2, 0.25) is 0 Å². The van der Waals surface area contributed by atoms with Gasteiger partial charge in [-0.05, 0) is 19.8 Å². The molecule has 0 aliphatic carbocycles. The molecule has 1 saturated heterocycles. The fourth-order valence-corrected chi connectivity index (χ4v) is 3.08. The Morgan fingerprint density at radius 3 is 2.93 bits per heavy atom. The molecule has 1 fully saturated rings. The number of nitrogens with one attached hydrogen (secondary N) is 1. The minimum atomic E-state index is -0.576. The lowest BCUT2D eigenvalue weighted by Gasteiger charge is -2.22. The van der Waals surface area contributed by atoms with Crippen LogP contribution in [0.1, 0.15) is 19.8 Å². The minimum absolute atomic E-state index is 0.470. The Labute approximate surface area is 92.5 Å². The smallest absolute Gasteiger partial charge is 0.0728 e. The average molecular weight is 227 g/mol. The van der Waals surface area contributed by atoms with Crippen molar-refractivity contribution in [3.8, 4) is 0 Å². The van der Waals surface area contributed by atoms with Crippen LogP contribution in [0.25, 0.3) is 0 Å². The van der Waals surface area contributed by atoms with E-state index >= 15 is 0 Å². The van der Waals surface area contributed by atoms with E-state index in [2.05, 4.69) is 17.3 Å². The molecule has 2 heterocycles. The SMILES string of the molecule is CCn1cc(NC2CCS(=O)CC2)cn1. The topological polar surface area (TPSA) is 46.9 Å². The Balaban J connectivity index is 1.88. The van der Waals surface area contributed by atoms with E-state index in [4.69, 9.17) is 0 Å². The van der Waals surface area contributed by atoms with Crippen molar-refractivity contribution >= 4 is 16.5 Å². The molecule has 1 aromatic heterocycles. The van der Waals surface area contributed by atoms with E-state index < -0.39 is 10.8 Å². The average Bonchev–Trinajstić information content (AvgIpc) is 2.69. The number of rotatable bonds is 3. The molecule has 15 heavy (non-hydrogen) atoms. The number of hydrogen-bond acceptors (Lipinski definition) is 3. The summed E-state index contributed by atoms with van der Waals surface area (Å²) in [5.74, 6) is 1.67. The molecule has 1 aromatic rings. The molecule has 2 rings (SSSR count). The summed E-state index contributed by atoms with van der Waals surface area (Å²) in [6.45, 7) is 2.97. The Bertz CT molecular complexity index is 340. The number of anilines is 1. The maximum absolute atomic E-state index is 11.2. The van der Waals surface area contributed by atoms with Gasteiger partial charge in [0.15, 0.2) is 0 Å². The number of hydrogen-bond donors (Lipinski definition) is 1. The van der Waals surface area contributed by atoms with Gasteiger partial charge in [0.05, 0.1) is 11.9 Å². The first-order valence-corrected chi connectivity index (χ1v) is 6.90. The fraction of sp³-hybridized carbons (Fsp3) is 0.700.